The van der Waals surface area contributed by atoms with Crippen LogP contribution in [-0.2, 0) is 9.53 Å². The van der Waals surface area contributed by atoms with Crippen molar-refractivity contribution in [1.82, 2.24) is 4.98 Å². The maximum atomic E-state index is 11.6. The number of ether oxygens (including phenoxy) is 1. The van der Waals surface area contributed by atoms with Crippen LogP contribution in [0.25, 0.3) is 11.1 Å². The Bertz CT molecular complexity index is 577. The van der Waals surface area contributed by atoms with Crippen molar-refractivity contribution >= 4 is 23.0 Å². The molecule has 1 aliphatic heterocycles. The van der Waals surface area contributed by atoms with Gasteiger partial charge in [0.15, 0.2) is 5.58 Å². The Hall–Kier alpha value is -2.08. The zero-order valence-electron chi connectivity index (χ0n) is 10.6. The first-order valence-electron chi connectivity index (χ1n) is 6.20. The standard InChI is InChI=1S/C13H15N3O3/c1-8-11(12(14)17)16(6-7-18-8)13-15-9-4-2-3-5-10(9)19-13/h2-5,8,11H,6-7H2,1H3,(H2,14,17)/t8-,11+/m1/s1. The van der Waals surface area contributed by atoms with Gasteiger partial charge in [-0.1, -0.05) is 12.1 Å². The van der Waals surface area contributed by atoms with E-state index in [9.17, 15) is 4.79 Å². The predicted octanol–water partition coefficient (Wildman–Crippen LogP) is 0.907. The minimum atomic E-state index is -0.554. The van der Waals surface area contributed by atoms with Crippen LogP contribution in [0, 0.1) is 0 Å². The van der Waals surface area contributed by atoms with E-state index in [-0.39, 0.29) is 6.10 Å². The Balaban J connectivity index is 2.00. The van der Waals surface area contributed by atoms with Crippen molar-refractivity contribution in [1.29, 1.82) is 0 Å². The van der Waals surface area contributed by atoms with Gasteiger partial charge in [-0.25, -0.2) is 0 Å². The molecule has 0 aliphatic carbocycles. The summed E-state index contributed by atoms with van der Waals surface area (Å²) in [7, 11) is 0. The lowest BCUT2D eigenvalue weighted by Crippen LogP contribution is -2.56. The number of nitrogens with two attached hydrogens (primary N) is 1. The van der Waals surface area contributed by atoms with Gasteiger partial charge >= 0.3 is 0 Å². The van der Waals surface area contributed by atoms with E-state index in [1.165, 1.54) is 0 Å². The number of primary amides is 1. The number of aromatic nitrogens is 1. The molecule has 2 heterocycles. The monoisotopic (exact) mass is 261 g/mol. The van der Waals surface area contributed by atoms with Crippen molar-refractivity contribution < 1.29 is 13.9 Å². The molecule has 1 aromatic heterocycles. The molecule has 1 aliphatic rings. The van der Waals surface area contributed by atoms with Crippen LogP contribution in [-0.4, -0.2) is 36.2 Å². The van der Waals surface area contributed by atoms with Crippen LogP contribution in [0.2, 0.25) is 0 Å². The fraction of sp³-hybridized carbons (Fsp3) is 0.385. The minimum Gasteiger partial charge on any atom is -0.423 e. The summed E-state index contributed by atoms with van der Waals surface area (Å²) in [4.78, 5) is 17.8. The molecule has 3 rings (SSSR count). The fourth-order valence-corrected chi connectivity index (χ4v) is 2.40. The normalized spacial score (nSPS) is 23.7. The first-order chi connectivity index (χ1) is 9.16. The van der Waals surface area contributed by atoms with Crippen molar-refractivity contribution in [3.05, 3.63) is 24.3 Å². The van der Waals surface area contributed by atoms with Gasteiger partial charge in [-0.05, 0) is 19.1 Å². The summed E-state index contributed by atoms with van der Waals surface area (Å²) in [5.74, 6) is -0.436. The summed E-state index contributed by atoms with van der Waals surface area (Å²) in [5, 5.41) is 0. The van der Waals surface area contributed by atoms with E-state index in [1.54, 1.807) is 4.90 Å². The fourth-order valence-electron chi connectivity index (χ4n) is 2.40. The highest BCUT2D eigenvalue weighted by molar-refractivity contribution is 5.84. The summed E-state index contributed by atoms with van der Waals surface area (Å²) in [6.45, 7) is 2.87. The number of nitrogens with zero attached hydrogens (tertiary/aromatic N) is 2. The van der Waals surface area contributed by atoms with E-state index in [2.05, 4.69) is 4.98 Å². The van der Waals surface area contributed by atoms with Gasteiger partial charge in [0.2, 0.25) is 5.91 Å². The maximum Gasteiger partial charge on any atom is 0.299 e. The molecule has 1 aromatic carbocycles. The van der Waals surface area contributed by atoms with Crippen LogP contribution in [0.5, 0.6) is 0 Å². The number of amides is 1. The topological polar surface area (TPSA) is 81.6 Å². The molecule has 0 radical (unpaired) electrons. The van der Waals surface area contributed by atoms with E-state index in [4.69, 9.17) is 14.9 Å². The second kappa shape index (κ2) is 4.55. The molecule has 0 spiro atoms. The van der Waals surface area contributed by atoms with Crippen molar-refractivity contribution in [2.75, 3.05) is 18.1 Å². The van der Waals surface area contributed by atoms with Crippen molar-refractivity contribution in [2.45, 2.75) is 19.1 Å². The molecule has 2 N–H and O–H groups in total. The molecule has 0 saturated carbocycles. The lowest BCUT2D eigenvalue weighted by molar-refractivity contribution is -0.124. The van der Waals surface area contributed by atoms with Gasteiger partial charge in [0.25, 0.3) is 6.01 Å². The summed E-state index contributed by atoms with van der Waals surface area (Å²) in [6.07, 6.45) is -0.277. The van der Waals surface area contributed by atoms with Crippen LogP contribution in [0.4, 0.5) is 6.01 Å². The molecule has 2 atom stereocenters. The Morgan fingerprint density at radius 3 is 3.00 bits per heavy atom. The molecule has 1 amide bonds. The van der Waals surface area contributed by atoms with E-state index < -0.39 is 11.9 Å². The molecule has 0 unspecified atom stereocenters. The Labute approximate surface area is 110 Å². The number of rotatable bonds is 2. The van der Waals surface area contributed by atoms with E-state index >= 15 is 0 Å². The molecule has 1 fully saturated rings. The number of carbonyl (C=O) groups is 1. The average Bonchev–Trinajstić information content (AvgIpc) is 2.81. The number of anilines is 1. The smallest absolute Gasteiger partial charge is 0.299 e. The maximum absolute atomic E-state index is 11.6. The van der Waals surface area contributed by atoms with Crippen LogP contribution < -0.4 is 10.6 Å². The quantitative estimate of drug-likeness (QED) is 0.868. The van der Waals surface area contributed by atoms with Gasteiger partial charge in [0, 0.05) is 6.54 Å². The number of hydrogen-bond donors (Lipinski definition) is 1. The molecular formula is C13H15N3O3. The van der Waals surface area contributed by atoms with E-state index in [1.807, 2.05) is 31.2 Å². The molecule has 6 nitrogen and oxygen atoms in total. The van der Waals surface area contributed by atoms with E-state index in [0.717, 1.165) is 5.52 Å². The van der Waals surface area contributed by atoms with Gasteiger partial charge in [-0.15, -0.1) is 0 Å². The summed E-state index contributed by atoms with van der Waals surface area (Å²) >= 11 is 0. The zero-order valence-corrected chi connectivity index (χ0v) is 10.6. The zero-order chi connectivity index (χ0) is 13.4. The summed E-state index contributed by atoms with van der Waals surface area (Å²) in [5.41, 5.74) is 6.91. The largest absolute Gasteiger partial charge is 0.423 e. The van der Waals surface area contributed by atoms with E-state index in [0.29, 0.717) is 24.7 Å². The van der Waals surface area contributed by atoms with Gasteiger partial charge in [0.1, 0.15) is 11.6 Å². The lowest BCUT2D eigenvalue weighted by Gasteiger charge is -2.36. The van der Waals surface area contributed by atoms with Gasteiger partial charge in [-0.3, -0.25) is 4.79 Å². The molecule has 6 heteroatoms. The molecule has 2 aromatic rings. The number of carbonyl (C=O) groups excluding carboxylic acids is 1. The SMILES string of the molecule is C[C@H]1OCCN(c2nc3ccccc3o2)[C@@H]1C(N)=O. The van der Waals surface area contributed by atoms with Gasteiger partial charge in [0.05, 0.1) is 12.7 Å². The number of morpholine rings is 1. The molecular weight excluding hydrogens is 246 g/mol. The second-order valence-electron chi connectivity index (χ2n) is 4.58. The molecule has 1 saturated heterocycles. The Kier molecular flexibility index (Phi) is 2.87. The minimum absolute atomic E-state index is 0.277. The number of fused-ring (bicyclic) bond motifs is 1. The van der Waals surface area contributed by atoms with Crippen LogP contribution in [0.1, 0.15) is 6.92 Å². The highest BCUT2D eigenvalue weighted by Crippen LogP contribution is 2.26. The Morgan fingerprint density at radius 2 is 2.26 bits per heavy atom. The number of benzene rings is 1. The molecule has 0 bridgehead atoms. The van der Waals surface area contributed by atoms with Crippen LogP contribution in [0.3, 0.4) is 0 Å². The third-order valence-electron chi connectivity index (χ3n) is 3.31. The number of hydrogen-bond acceptors (Lipinski definition) is 5. The van der Waals surface area contributed by atoms with Crippen LogP contribution in [0.15, 0.2) is 28.7 Å². The van der Waals surface area contributed by atoms with Crippen LogP contribution >= 0.6 is 0 Å². The molecule has 19 heavy (non-hydrogen) atoms. The van der Waals surface area contributed by atoms with Crippen molar-refractivity contribution in [3.63, 3.8) is 0 Å². The third-order valence-corrected chi connectivity index (χ3v) is 3.31. The third kappa shape index (κ3) is 2.04. The first kappa shape index (κ1) is 12.0. The number of para-hydroxylation sites is 2. The lowest BCUT2D eigenvalue weighted by atomic mass is 10.1. The average molecular weight is 261 g/mol. The van der Waals surface area contributed by atoms with Gasteiger partial charge < -0.3 is 19.8 Å². The summed E-state index contributed by atoms with van der Waals surface area (Å²) in [6, 6.07) is 7.34. The van der Waals surface area contributed by atoms with Crippen molar-refractivity contribution in [2.24, 2.45) is 5.73 Å². The first-order valence-corrected chi connectivity index (χ1v) is 6.20. The predicted molar refractivity (Wildman–Crippen MR) is 69.8 cm³/mol. The highest BCUT2D eigenvalue weighted by Gasteiger charge is 2.36. The second-order valence-corrected chi connectivity index (χ2v) is 4.58. The Morgan fingerprint density at radius 1 is 1.47 bits per heavy atom. The van der Waals surface area contributed by atoms with Crippen molar-refractivity contribution in [3.8, 4) is 0 Å². The number of oxazole rings is 1. The molecule has 100 valence electrons. The highest BCUT2D eigenvalue weighted by atomic mass is 16.5. The summed E-state index contributed by atoms with van der Waals surface area (Å²) < 4.78 is 11.2. The van der Waals surface area contributed by atoms with Gasteiger partial charge in [-0.2, -0.15) is 4.98 Å².